The zero-order chi connectivity index (χ0) is 13.3. The molecular formula is C12H15Br2NO2S. The van der Waals surface area contributed by atoms with Crippen LogP contribution in [-0.4, -0.2) is 24.2 Å². The summed E-state index contributed by atoms with van der Waals surface area (Å²) in [4.78, 5) is 12.8. The van der Waals surface area contributed by atoms with Crippen LogP contribution in [0.25, 0.3) is 0 Å². The molecule has 1 aromatic heterocycles. The highest BCUT2D eigenvalue weighted by Gasteiger charge is 2.30. The van der Waals surface area contributed by atoms with Crippen LogP contribution in [0.1, 0.15) is 36.4 Å². The third kappa shape index (κ3) is 3.56. The van der Waals surface area contributed by atoms with Crippen LogP contribution in [0, 0.1) is 0 Å². The van der Waals surface area contributed by atoms with Gasteiger partial charge in [-0.3, -0.25) is 4.79 Å². The first-order valence-corrected chi connectivity index (χ1v) is 8.17. The number of nitrogens with one attached hydrogen (secondary N) is 1. The topological polar surface area (TPSA) is 38.3 Å². The van der Waals surface area contributed by atoms with E-state index in [1.54, 1.807) is 0 Å². The van der Waals surface area contributed by atoms with Gasteiger partial charge in [-0.25, -0.2) is 0 Å². The standard InChI is InChI=1S/C12H15Br2NO2S/c1-12(2)6-7(3-4-17-12)15-11(16)9-5-8(13)10(14)18-9/h5,7H,3-4,6H2,1-2H3,(H,15,16). The van der Waals surface area contributed by atoms with E-state index in [2.05, 4.69) is 51.0 Å². The average molecular weight is 397 g/mol. The van der Waals surface area contributed by atoms with Crippen molar-refractivity contribution in [1.82, 2.24) is 5.32 Å². The van der Waals surface area contributed by atoms with Crippen LogP contribution < -0.4 is 5.32 Å². The van der Waals surface area contributed by atoms with E-state index >= 15 is 0 Å². The molecule has 1 N–H and O–H groups in total. The third-order valence-electron chi connectivity index (χ3n) is 2.90. The maximum atomic E-state index is 12.1. The van der Waals surface area contributed by atoms with Crippen LogP contribution in [0.3, 0.4) is 0 Å². The van der Waals surface area contributed by atoms with Crippen LogP contribution in [0.5, 0.6) is 0 Å². The van der Waals surface area contributed by atoms with Crippen molar-refractivity contribution in [3.05, 3.63) is 19.2 Å². The summed E-state index contributed by atoms with van der Waals surface area (Å²) >= 11 is 8.23. The second-order valence-corrected chi connectivity index (χ2v) is 8.23. The molecule has 3 nitrogen and oxygen atoms in total. The number of thiophene rings is 1. The normalized spacial score (nSPS) is 22.8. The van der Waals surface area contributed by atoms with E-state index in [0.29, 0.717) is 6.61 Å². The summed E-state index contributed by atoms with van der Waals surface area (Å²) in [7, 11) is 0. The molecule has 0 aromatic carbocycles. The summed E-state index contributed by atoms with van der Waals surface area (Å²) in [5.41, 5.74) is -0.146. The van der Waals surface area contributed by atoms with Crippen molar-refractivity contribution < 1.29 is 9.53 Å². The quantitative estimate of drug-likeness (QED) is 0.821. The largest absolute Gasteiger partial charge is 0.375 e. The highest BCUT2D eigenvalue weighted by atomic mass is 79.9. The lowest BCUT2D eigenvalue weighted by atomic mass is 9.94. The van der Waals surface area contributed by atoms with Crippen LogP contribution in [0.15, 0.2) is 14.3 Å². The highest BCUT2D eigenvalue weighted by molar-refractivity contribution is 9.13. The Balaban J connectivity index is 1.99. The number of carbonyl (C=O) groups is 1. The zero-order valence-electron chi connectivity index (χ0n) is 10.3. The molecule has 0 aliphatic carbocycles. The monoisotopic (exact) mass is 395 g/mol. The summed E-state index contributed by atoms with van der Waals surface area (Å²) in [6.45, 7) is 4.82. The van der Waals surface area contributed by atoms with E-state index in [-0.39, 0.29) is 17.6 Å². The Kier molecular flexibility index (Phi) is 4.52. The Morgan fingerprint density at radius 3 is 2.83 bits per heavy atom. The fourth-order valence-corrected chi connectivity index (χ4v) is 4.01. The molecule has 1 saturated heterocycles. The van der Waals surface area contributed by atoms with Gasteiger partial charge in [-0.2, -0.15) is 0 Å². The zero-order valence-corrected chi connectivity index (χ0v) is 14.2. The Morgan fingerprint density at radius 2 is 2.28 bits per heavy atom. The van der Waals surface area contributed by atoms with Gasteiger partial charge in [0.1, 0.15) is 0 Å². The fraction of sp³-hybridized carbons (Fsp3) is 0.583. The predicted octanol–water partition coefficient (Wildman–Crippen LogP) is 3.96. The molecule has 6 heteroatoms. The average Bonchev–Trinajstić information content (AvgIpc) is 2.58. The third-order valence-corrected chi connectivity index (χ3v) is 6.16. The molecule has 0 radical (unpaired) electrons. The first-order valence-electron chi connectivity index (χ1n) is 5.77. The lowest BCUT2D eigenvalue weighted by Crippen LogP contribution is -2.45. The Hall–Kier alpha value is 0.0900. The van der Waals surface area contributed by atoms with Gasteiger partial charge in [-0.1, -0.05) is 0 Å². The minimum atomic E-state index is -0.146. The first-order chi connectivity index (χ1) is 8.37. The summed E-state index contributed by atoms with van der Waals surface area (Å²) in [6.07, 6.45) is 1.73. The Morgan fingerprint density at radius 1 is 1.56 bits per heavy atom. The number of ether oxygens (including phenoxy) is 1. The van der Waals surface area contributed by atoms with E-state index in [0.717, 1.165) is 26.0 Å². The summed E-state index contributed by atoms with van der Waals surface area (Å²) in [5, 5.41) is 3.08. The lowest BCUT2D eigenvalue weighted by molar-refractivity contribution is -0.0615. The van der Waals surface area contributed by atoms with Crippen LogP contribution in [-0.2, 0) is 4.74 Å². The molecular weight excluding hydrogens is 382 g/mol. The van der Waals surface area contributed by atoms with Gasteiger partial charge >= 0.3 is 0 Å². The van der Waals surface area contributed by atoms with E-state index < -0.39 is 0 Å². The molecule has 2 heterocycles. The number of carbonyl (C=O) groups excluding carboxylic acids is 1. The molecule has 2 rings (SSSR count). The van der Waals surface area contributed by atoms with Gasteiger partial charge in [0.2, 0.25) is 0 Å². The number of rotatable bonds is 2. The SMILES string of the molecule is CC1(C)CC(NC(=O)c2cc(Br)c(Br)s2)CCO1. The molecule has 0 bridgehead atoms. The first kappa shape index (κ1) is 14.5. The number of amides is 1. The lowest BCUT2D eigenvalue weighted by Gasteiger charge is -2.35. The van der Waals surface area contributed by atoms with Gasteiger partial charge < -0.3 is 10.1 Å². The van der Waals surface area contributed by atoms with Crippen molar-refractivity contribution in [2.24, 2.45) is 0 Å². The highest BCUT2D eigenvalue weighted by Crippen LogP contribution is 2.32. The molecule has 100 valence electrons. The van der Waals surface area contributed by atoms with Crippen molar-refractivity contribution in [2.45, 2.75) is 38.3 Å². The van der Waals surface area contributed by atoms with Crippen molar-refractivity contribution in [3.63, 3.8) is 0 Å². The Labute approximate surface area is 128 Å². The van der Waals surface area contributed by atoms with E-state index in [1.165, 1.54) is 11.3 Å². The summed E-state index contributed by atoms with van der Waals surface area (Å²) < 4.78 is 7.51. The molecule has 0 saturated carbocycles. The second-order valence-electron chi connectivity index (χ2n) is 5.00. The predicted molar refractivity (Wildman–Crippen MR) is 80.2 cm³/mol. The molecule has 1 atom stereocenters. The molecule has 1 unspecified atom stereocenters. The summed E-state index contributed by atoms with van der Waals surface area (Å²) in [5.74, 6) is -0.00546. The van der Waals surface area contributed by atoms with Gasteiger partial charge in [-0.05, 0) is 64.6 Å². The molecule has 1 amide bonds. The summed E-state index contributed by atoms with van der Waals surface area (Å²) in [6, 6.07) is 2.04. The molecule has 1 aromatic rings. The number of hydrogen-bond donors (Lipinski definition) is 1. The molecule has 1 aliphatic heterocycles. The number of halogens is 2. The van der Waals surface area contributed by atoms with Gasteiger partial charge in [0.05, 0.1) is 14.3 Å². The molecule has 1 fully saturated rings. The maximum Gasteiger partial charge on any atom is 0.261 e. The van der Waals surface area contributed by atoms with Crippen molar-refractivity contribution in [2.75, 3.05) is 6.61 Å². The van der Waals surface area contributed by atoms with E-state index in [1.807, 2.05) is 6.07 Å². The van der Waals surface area contributed by atoms with Crippen molar-refractivity contribution >= 4 is 49.1 Å². The second kappa shape index (κ2) is 5.61. The van der Waals surface area contributed by atoms with Crippen LogP contribution >= 0.6 is 43.2 Å². The van der Waals surface area contributed by atoms with Gasteiger partial charge in [-0.15, -0.1) is 11.3 Å². The minimum Gasteiger partial charge on any atom is -0.375 e. The molecule has 18 heavy (non-hydrogen) atoms. The van der Waals surface area contributed by atoms with Crippen molar-refractivity contribution in [3.8, 4) is 0 Å². The van der Waals surface area contributed by atoms with Crippen LogP contribution in [0.2, 0.25) is 0 Å². The van der Waals surface area contributed by atoms with E-state index in [9.17, 15) is 4.79 Å². The maximum absolute atomic E-state index is 12.1. The molecule has 0 spiro atoms. The smallest absolute Gasteiger partial charge is 0.261 e. The Bertz CT molecular complexity index is 439. The number of hydrogen-bond acceptors (Lipinski definition) is 3. The van der Waals surface area contributed by atoms with Crippen molar-refractivity contribution in [1.29, 1.82) is 0 Å². The van der Waals surface area contributed by atoms with E-state index in [4.69, 9.17) is 4.74 Å². The van der Waals surface area contributed by atoms with Gasteiger partial charge in [0.15, 0.2) is 0 Å². The minimum absolute atomic E-state index is 0.00546. The molecule has 1 aliphatic rings. The van der Waals surface area contributed by atoms with Gasteiger partial charge in [0.25, 0.3) is 5.91 Å². The van der Waals surface area contributed by atoms with Crippen LogP contribution in [0.4, 0.5) is 0 Å². The fourth-order valence-electron chi connectivity index (χ4n) is 2.07. The van der Waals surface area contributed by atoms with Gasteiger partial charge in [0, 0.05) is 17.1 Å².